The highest BCUT2D eigenvalue weighted by molar-refractivity contribution is 5.83. The van der Waals surface area contributed by atoms with E-state index < -0.39 is 0 Å². The summed E-state index contributed by atoms with van der Waals surface area (Å²) in [6.45, 7) is 6.30. The number of carbonyl (C=O) groups is 1. The number of hydrogen-bond acceptors (Lipinski definition) is 3. The zero-order chi connectivity index (χ0) is 13.0. The Kier molecular flexibility index (Phi) is 5.19. The van der Waals surface area contributed by atoms with Gasteiger partial charge in [-0.1, -0.05) is 19.3 Å². The summed E-state index contributed by atoms with van der Waals surface area (Å²) in [6.07, 6.45) is 7.32. The van der Waals surface area contributed by atoms with Crippen molar-refractivity contribution in [1.82, 2.24) is 9.80 Å². The van der Waals surface area contributed by atoms with Gasteiger partial charge in [-0.3, -0.25) is 9.69 Å². The van der Waals surface area contributed by atoms with Crippen molar-refractivity contribution in [3.05, 3.63) is 0 Å². The largest absolute Gasteiger partial charge is 0.305 e. The molecule has 2 rings (SSSR count). The fourth-order valence-electron chi connectivity index (χ4n) is 3.41. The van der Waals surface area contributed by atoms with Crippen molar-refractivity contribution in [3.8, 4) is 0 Å². The SMILES string of the molecule is CC1CN(C)CCCN1CC(=O)C1CCCCC1. The number of ketones is 1. The Bertz CT molecular complexity index is 274. The Hall–Kier alpha value is -0.410. The highest BCUT2D eigenvalue weighted by Gasteiger charge is 2.26. The van der Waals surface area contributed by atoms with Crippen molar-refractivity contribution in [1.29, 1.82) is 0 Å². The van der Waals surface area contributed by atoms with E-state index in [2.05, 4.69) is 23.8 Å². The van der Waals surface area contributed by atoms with Gasteiger partial charge in [-0.2, -0.15) is 0 Å². The second kappa shape index (κ2) is 6.67. The van der Waals surface area contributed by atoms with Crippen molar-refractivity contribution in [2.45, 2.75) is 51.5 Å². The lowest BCUT2D eigenvalue weighted by Crippen LogP contribution is -2.42. The number of carbonyl (C=O) groups excluding carboxylic acids is 1. The van der Waals surface area contributed by atoms with Crippen LogP contribution in [0.4, 0.5) is 0 Å². The van der Waals surface area contributed by atoms with Crippen LogP contribution < -0.4 is 0 Å². The molecule has 2 fully saturated rings. The summed E-state index contributed by atoms with van der Waals surface area (Å²) in [6, 6.07) is 0.519. The predicted molar refractivity (Wildman–Crippen MR) is 74.7 cm³/mol. The summed E-state index contributed by atoms with van der Waals surface area (Å²) in [5, 5.41) is 0. The van der Waals surface area contributed by atoms with Gasteiger partial charge in [-0.25, -0.2) is 0 Å². The monoisotopic (exact) mass is 252 g/mol. The maximum atomic E-state index is 12.4. The quantitative estimate of drug-likeness (QED) is 0.769. The molecule has 104 valence electrons. The van der Waals surface area contributed by atoms with Gasteiger partial charge in [0.05, 0.1) is 6.54 Å². The van der Waals surface area contributed by atoms with Crippen LogP contribution in [0.1, 0.15) is 45.4 Å². The molecular weight excluding hydrogens is 224 g/mol. The molecule has 0 aromatic rings. The van der Waals surface area contributed by atoms with E-state index >= 15 is 0 Å². The van der Waals surface area contributed by atoms with Crippen LogP contribution in [0.25, 0.3) is 0 Å². The summed E-state index contributed by atoms with van der Waals surface area (Å²) in [7, 11) is 2.18. The molecule has 0 spiro atoms. The first-order chi connectivity index (χ1) is 8.66. The average Bonchev–Trinajstić information content (AvgIpc) is 2.52. The summed E-state index contributed by atoms with van der Waals surface area (Å²) in [5.74, 6) is 0.873. The van der Waals surface area contributed by atoms with Gasteiger partial charge in [0.25, 0.3) is 0 Å². The Morgan fingerprint density at radius 2 is 1.83 bits per heavy atom. The molecule has 1 aliphatic carbocycles. The van der Waals surface area contributed by atoms with Crippen LogP contribution >= 0.6 is 0 Å². The van der Waals surface area contributed by atoms with Crippen LogP contribution in [0.2, 0.25) is 0 Å². The molecule has 3 heteroatoms. The lowest BCUT2D eigenvalue weighted by atomic mass is 9.86. The minimum atomic E-state index is 0.368. The minimum absolute atomic E-state index is 0.368. The Morgan fingerprint density at radius 1 is 1.11 bits per heavy atom. The first kappa shape index (κ1) is 14.0. The van der Waals surface area contributed by atoms with E-state index in [9.17, 15) is 4.79 Å². The molecule has 1 heterocycles. The molecule has 0 aromatic carbocycles. The molecule has 1 saturated carbocycles. The second-order valence-electron chi connectivity index (χ2n) is 6.24. The van der Waals surface area contributed by atoms with Crippen LogP contribution in [-0.2, 0) is 4.79 Å². The minimum Gasteiger partial charge on any atom is -0.305 e. The maximum Gasteiger partial charge on any atom is 0.149 e. The van der Waals surface area contributed by atoms with Gasteiger partial charge in [0.15, 0.2) is 0 Å². The highest BCUT2D eigenvalue weighted by atomic mass is 16.1. The zero-order valence-corrected chi connectivity index (χ0v) is 12.0. The van der Waals surface area contributed by atoms with E-state index in [0.29, 0.717) is 24.3 Å². The summed E-state index contributed by atoms with van der Waals surface area (Å²) >= 11 is 0. The smallest absolute Gasteiger partial charge is 0.149 e. The third-order valence-electron chi connectivity index (χ3n) is 4.60. The van der Waals surface area contributed by atoms with Crippen LogP contribution in [-0.4, -0.2) is 54.9 Å². The number of rotatable bonds is 3. The summed E-state index contributed by atoms with van der Waals surface area (Å²) < 4.78 is 0. The van der Waals surface area contributed by atoms with Crippen LogP contribution in [0.15, 0.2) is 0 Å². The zero-order valence-electron chi connectivity index (χ0n) is 12.0. The van der Waals surface area contributed by atoms with Crippen LogP contribution in [0.3, 0.4) is 0 Å². The van der Waals surface area contributed by atoms with E-state index in [1.807, 2.05) is 0 Å². The summed E-state index contributed by atoms with van der Waals surface area (Å²) in [5.41, 5.74) is 0. The Balaban J connectivity index is 1.85. The maximum absolute atomic E-state index is 12.4. The van der Waals surface area contributed by atoms with Gasteiger partial charge in [-0.15, -0.1) is 0 Å². The Labute approximate surface area is 112 Å². The van der Waals surface area contributed by atoms with Crippen molar-refractivity contribution in [3.63, 3.8) is 0 Å². The fourth-order valence-corrected chi connectivity index (χ4v) is 3.41. The molecule has 1 saturated heterocycles. The number of hydrogen-bond donors (Lipinski definition) is 0. The van der Waals surface area contributed by atoms with Crippen molar-refractivity contribution >= 4 is 5.78 Å². The molecule has 0 aromatic heterocycles. The lowest BCUT2D eigenvalue weighted by molar-refractivity contribution is -0.125. The third-order valence-corrected chi connectivity index (χ3v) is 4.60. The lowest BCUT2D eigenvalue weighted by Gasteiger charge is -2.29. The van der Waals surface area contributed by atoms with Gasteiger partial charge in [0, 0.05) is 25.0 Å². The third kappa shape index (κ3) is 3.79. The van der Waals surface area contributed by atoms with E-state index in [0.717, 1.165) is 25.9 Å². The summed E-state index contributed by atoms with van der Waals surface area (Å²) in [4.78, 5) is 17.1. The molecule has 3 nitrogen and oxygen atoms in total. The molecule has 2 aliphatic rings. The van der Waals surface area contributed by atoms with Gasteiger partial charge >= 0.3 is 0 Å². The molecule has 1 atom stereocenters. The average molecular weight is 252 g/mol. The molecule has 18 heavy (non-hydrogen) atoms. The van der Waals surface area contributed by atoms with Crippen LogP contribution in [0, 0.1) is 5.92 Å². The molecule has 0 amide bonds. The fraction of sp³-hybridized carbons (Fsp3) is 0.933. The molecule has 0 N–H and O–H groups in total. The highest BCUT2D eigenvalue weighted by Crippen LogP contribution is 2.25. The normalized spacial score (nSPS) is 29.1. The van der Waals surface area contributed by atoms with Gasteiger partial charge in [-0.05, 0) is 39.8 Å². The Morgan fingerprint density at radius 3 is 2.56 bits per heavy atom. The van der Waals surface area contributed by atoms with E-state index in [4.69, 9.17) is 0 Å². The van der Waals surface area contributed by atoms with Gasteiger partial charge < -0.3 is 4.90 Å². The van der Waals surface area contributed by atoms with Crippen LogP contribution in [0.5, 0.6) is 0 Å². The number of likely N-dealkylation sites (N-methyl/N-ethyl adjacent to an activating group) is 1. The topological polar surface area (TPSA) is 23.6 Å². The first-order valence-corrected chi connectivity index (χ1v) is 7.62. The predicted octanol–water partition coefficient (Wildman–Crippen LogP) is 2.16. The number of nitrogens with zero attached hydrogens (tertiary/aromatic N) is 2. The molecule has 0 bridgehead atoms. The van der Waals surface area contributed by atoms with Crippen molar-refractivity contribution < 1.29 is 4.79 Å². The van der Waals surface area contributed by atoms with E-state index in [1.54, 1.807) is 0 Å². The second-order valence-corrected chi connectivity index (χ2v) is 6.24. The molecular formula is C15H28N2O. The van der Waals surface area contributed by atoms with E-state index in [1.165, 1.54) is 32.2 Å². The standard InChI is InChI=1S/C15H28N2O/c1-13-11-16(2)9-6-10-17(13)12-15(18)14-7-4-3-5-8-14/h13-14H,3-12H2,1-2H3. The number of Topliss-reactive ketones (excluding diaryl/α,β-unsaturated/α-hetero) is 1. The molecule has 1 unspecified atom stereocenters. The van der Waals surface area contributed by atoms with Gasteiger partial charge in [0.2, 0.25) is 0 Å². The first-order valence-electron chi connectivity index (χ1n) is 7.62. The molecule has 0 radical (unpaired) electrons. The molecule has 1 aliphatic heterocycles. The van der Waals surface area contributed by atoms with Crippen molar-refractivity contribution in [2.24, 2.45) is 5.92 Å². The van der Waals surface area contributed by atoms with Gasteiger partial charge in [0.1, 0.15) is 5.78 Å². The van der Waals surface area contributed by atoms with E-state index in [-0.39, 0.29) is 0 Å². The van der Waals surface area contributed by atoms with Crippen molar-refractivity contribution in [2.75, 3.05) is 33.2 Å².